The van der Waals surface area contributed by atoms with E-state index in [1.807, 2.05) is 6.07 Å². The van der Waals surface area contributed by atoms with Gasteiger partial charge in [-0.05, 0) is 12.5 Å². The van der Waals surface area contributed by atoms with Crippen LogP contribution in [0.4, 0.5) is 5.69 Å². The van der Waals surface area contributed by atoms with E-state index < -0.39 is 11.0 Å². The minimum absolute atomic E-state index is 0.116. The topological polar surface area (TPSA) is 83.6 Å². The van der Waals surface area contributed by atoms with Crippen molar-refractivity contribution < 1.29 is 15.1 Å². The Morgan fingerprint density at radius 1 is 1.53 bits per heavy atom. The van der Waals surface area contributed by atoms with Gasteiger partial charge in [-0.3, -0.25) is 10.1 Å². The monoisotopic (exact) mass is 257 g/mol. The van der Waals surface area contributed by atoms with Gasteiger partial charge in [-0.15, -0.1) is 0 Å². The summed E-state index contributed by atoms with van der Waals surface area (Å²) in [5, 5.41) is 28.5. The Hall–Kier alpha value is -1.11. The normalized spacial score (nSPS) is 12.4. The third-order valence-corrected chi connectivity index (χ3v) is 3.53. The van der Waals surface area contributed by atoms with Crippen molar-refractivity contribution in [3.05, 3.63) is 39.4 Å². The van der Waals surface area contributed by atoms with Crippen LogP contribution < -0.4 is 0 Å². The number of nitrogens with zero attached hydrogens (tertiary/aromatic N) is 1. The van der Waals surface area contributed by atoms with Crippen LogP contribution in [-0.4, -0.2) is 33.6 Å². The van der Waals surface area contributed by atoms with Crippen LogP contribution in [-0.2, 0) is 5.75 Å². The van der Waals surface area contributed by atoms with Crippen LogP contribution in [0.3, 0.4) is 0 Å². The van der Waals surface area contributed by atoms with Crippen molar-refractivity contribution >= 4 is 17.4 Å². The zero-order valence-corrected chi connectivity index (χ0v) is 10.3. The lowest BCUT2D eigenvalue weighted by Gasteiger charge is -2.08. The van der Waals surface area contributed by atoms with Crippen molar-refractivity contribution in [1.82, 2.24) is 0 Å². The maximum absolute atomic E-state index is 10.7. The predicted octanol–water partition coefficient (Wildman–Crippen LogP) is 1.49. The number of aliphatic hydroxyl groups excluding tert-OH is 2. The molecule has 0 amide bonds. The minimum atomic E-state index is -0.737. The summed E-state index contributed by atoms with van der Waals surface area (Å²) in [6.45, 7) is 1.46. The van der Waals surface area contributed by atoms with Gasteiger partial charge in [0.05, 0.1) is 17.6 Å². The highest BCUT2D eigenvalue weighted by Gasteiger charge is 2.13. The fraction of sp³-hybridized carbons (Fsp3) is 0.455. The van der Waals surface area contributed by atoms with E-state index in [-0.39, 0.29) is 12.3 Å². The molecule has 0 aliphatic heterocycles. The predicted molar refractivity (Wildman–Crippen MR) is 67.1 cm³/mol. The molecule has 0 saturated carbocycles. The number of hydrogen-bond acceptors (Lipinski definition) is 5. The van der Waals surface area contributed by atoms with Gasteiger partial charge in [0.2, 0.25) is 0 Å². The van der Waals surface area contributed by atoms with E-state index in [0.29, 0.717) is 17.1 Å². The van der Waals surface area contributed by atoms with Crippen LogP contribution in [0.1, 0.15) is 11.1 Å². The van der Waals surface area contributed by atoms with E-state index >= 15 is 0 Å². The molecule has 0 bridgehead atoms. The molecule has 2 N–H and O–H groups in total. The lowest BCUT2D eigenvalue weighted by Crippen LogP contribution is -2.14. The van der Waals surface area contributed by atoms with Gasteiger partial charge in [-0.2, -0.15) is 11.8 Å². The average molecular weight is 257 g/mol. The molecule has 1 aromatic rings. The van der Waals surface area contributed by atoms with E-state index in [0.717, 1.165) is 5.56 Å². The highest BCUT2D eigenvalue weighted by atomic mass is 32.2. The second kappa shape index (κ2) is 6.58. The molecule has 1 aromatic carbocycles. The fourth-order valence-corrected chi connectivity index (χ4v) is 2.41. The van der Waals surface area contributed by atoms with Crippen molar-refractivity contribution in [3.8, 4) is 0 Å². The summed E-state index contributed by atoms with van der Waals surface area (Å²) in [5.74, 6) is 1.00. The zero-order chi connectivity index (χ0) is 12.8. The largest absolute Gasteiger partial charge is 0.394 e. The van der Waals surface area contributed by atoms with Gasteiger partial charge in [0.25, 0.3) is 5.69 Å². The van der Waals surface area contributed by atoms with Gasteiger partial charge in [0.1, 0.15) is 0 Å². The molecule has 0 aliphatic carbocycles. The zero-order valence-electron chi connectivity index (χ0n) is 9.50. The summed E-state index contributed by atoms with van der Waals surface area (Å²) in [6.07, 6.45) is -0.737. The van der Waals surface area contributed by atoms with Crippen molar-refractivity contribution in [2.75, 3.05) is 12.4 Å². The van der Waals surface area contributed by atoms with Crippen LogP contribution in [0.25, 0.3) is 0 Å². The highest BCUT2D eigenvalue weighted by Crippen LogP contribution is 2.24. The third kappa shape index (κ3) is 3.99. The maximum atomic E-state index is 10.7. The van der Waals surface area contributed by atoms with Crippen molar-refractivity contribution in [2.24, 2.45) is 0 Å². The van der Waals surface area contributed by atoms with Gasteiger partial charge < -0.3 is 10.2 Å². The number of rotatable bonds is 6. The summed E-state index contributed by atoms with van der Waals surface area (Å²) < 4.78 is 0. The van der Waals surface area contributed by atoms with Crippen molar-refractivity contribution in [3.63, 3.8) is 0 Å². The second-order valence-corrected chi connectivity index (χ2v) is 4.70. The summed E-state index contributed by atoms with van der Waals surface area (Å²) in [4.78, 5) is 10.3. The van der Waals surface area contributed by atoms with Gasteiger partial charge in [-0.1, -0.05) is 12.1 Å². The average Bonchev–Trinajstić information content (AvgIpc) is 2.30. The molecule has 94 valence electrons. The molecule has 0 radical (unpaired) electrons. The van der Waals surface area contributed by atoms with Gasteiger partial charge >= 0.3 is 0 Å². The third-order valence-electron chi connectivity index (χ3n) is 2.39. The molecule has 1 rings (SSSR count). The Kier molecular flexibility index (Phi) is 5.40. The Morgan fingerprint density at radius 2 is 2.24 bits per heavy atom. The summed E-state index contributed by atoms with van der Waals surface area (Å²) in [6, 6.07) is 4.97. The second-order valence-electron chi connectivity index (χ2n) is 3.67. The van der Waals surface area contributed by atoms with Crippen LogP contribution in [0.15, 0.2) is 18.2 Å². The number of nitro groups is 1. The van der Waals surface area contributed by atoms with E-state index in [4.69, 9.17) is 10.2 Å². The van der Waals surface area contributed by atoms with Crippen LogP contribution >= 0.6 is 11.8 Å². The number of benzene rings is 1. The molecular formula is C11H15NO4S. The summed E-state index contributed by atoms with van der Waals surface area (Å²) in [7, 11) is 0. The molecule has 0 fully saturated rings. The Balaban J connectivity index is 2.66. The standard InChI is InChI=1S/C11H15NO4S/c1-8-9(6-17-7-10(14)5-13)3-2-4-11(8)12(15)16/h2-4,10,13-14H,5-7H2,1H3/t10-/m0/s1. The molecule has 0 saturated heterocycles. The molecule has 6 heteroatoms. The fourth-order valence-electron chi connectivity index (χ4n) is 1.38. The first-order valence-corrected chi connectivity index (χ1v) is 6.31. The molecule has 0 heterocycles. The first-order chi connectivity index (χ1) is 8.06. The first kappa shape index (κ1) is 14.0. The van der Waals surface area contributed by atoms with Crippen LogP contribution in [0.2, 0.25) is 0 Å². The molecule has 17 heavy (non-hydrogen) atoms. The van der Waals surface area contributed by atoms with Gasteiger partial charge in [0, 0.05) is 23.1 Å². The molecular weight excluding hydrogens is 242 g/mol. The van der Waals surface area contributed by atoms with E-state index in [1.165, 1.54) is 17.8 Å². The van der Waals surface area contributed by atoms with E-state index in [1.54, 1.807) is 13.0 Å². The molecule has 0 unspecified atom stereocenters. The summed E-state index contributed by atoms with van der Waals surface area (Å²) in [5.41, 5.74) is 1.66. The lowest BCUT2D eigenvalue weighted by molar-refractivity contribution is -0.385. The Bertz CT molecular complexity index is 397. The number of hydrogen-bond donors (Lipinski definition) is 2. The quantitative estimate of drug-likeness (QED) is 0.596. The summed E-state index contributed by atoms with van der Waals surface area (Å²) >= 11 is 1.44. The van der Waals surface area contributed by atoms with Crippen molar-refractivity contribution in [1.29, 1.82) is 0 Å². The molecule has 0 aliphatic rings. The van der Waals surface area contributed by atoms with E-state index in [2.05, 4.69) is 0 Å². The minimum Gasteiger partial charge on any atom is -0.394 e. The van der Waals surface area contributed by atoms with Crippen LogP contribution in [0, 0.1) is 17.0 Å². The smallest absolute Gasteiger partial charge is 0.272 e. The number of thioether (sulfide) groups is 1. The first-order valence-electron chi connectivity index (χ1n) is 5.15. The SMILES string of the molecule is Cc1c(CSC[C@@H](O)CO)cccc1[N+](=O)[O-]. The molecule has 0 spiro atoms. The lowest BCUT2D eigenvalue weighted by atomic mass is 10.1. The maximum Gasteiger partial charge on any atom is 0.272 e. The highest BCUT2D eigenvalue weighted by molar-refractivity contribution is 7.98. The van der Waals surface area contributed by atoms with Gasteiger partial charge in [-0.25, -0.2) is 0 Å². The van der Waals surface area contributed by atoms with E-state index in [9.17, 15) is 10.1 Å². The molecule has 1 atom stereocenters. The molecule has 5 nitrogen and oxygen atoms in total. The van der Waals surface area contributed by atoms with Gasteiger partial charge in [0.15, 0.2) is 0 Å². The van der Waals surface area contributed by atoms with Crippen LogP contribution in [0.5, 0.6) is 0 Å². The van der Waals surface area contributed by atoms with Crippen molar-refractivity contribution in [2.45, 2.75) is 18.8 Å². The Morgan fingerprint density at radius 3 is 2.82 bits per heavy atom. The molecule has 0 aromatic heterocycles. The Labute approximate surface area is 104 Å². The number of nitro benzene ring substituents is 1. The number of aliphatic hydroxyl groups is 2.